The Hall–Kier alpha value is -3.88. The third kappa shape index (κ3) is 8.72. The van der Waals surface area contributed by atoms with E-state index in [1.54, 1.807) is 60.7 Å². The SMILES string of the molecule is Cc1cc(OCC(=O)N/N=C/c2ccc(/C=N/NC(=O)COc3ccc(Cl)c(C)c3)cc2)ccc1Cl. The van der Waals surface area contributed by atoms with E-state index >= 15 is 0 Å². The molecule has 3 rings (SSSR count). The number of hydrogen-bond acceptors (Lipinski definition) is 6. The van der Waals surface area contributed by atoms with Crippen molar-refractivity contribution in [3.05, 3.63) is 93.0 Å². The monoisotopic (exact) mass is 526 g/mol. The van der Waals surface area contributed by atoms with Crippen LogP contribution in [0, 0.1) is 13.8 Å². The summed E-state index contributed by atoms with van der Waals surface area (Å²) in [5.74, 6) is 0.310. The smallest absolute Gasteiger partial charge is 0.277 e. The average Bonchev–Trinajstić information content (AvgIpc) is 2.86. The highest BCUT2D eigenvalue weighted by Crippen LogP contribution is 2.21. The van der Waals surface area contributed by atoms with Crippen LogP contribution in [-0.4, -0.2) is 37.5 Å². The maximum atomic E-state index is 11.9. The molecule has 0 aliphatic rings. The second kappa shape index (κ2) is 13.3. The highest BCUT2D eigenvalue weighted by molar-refractivity contribution is 6.31. The fourth-order valence-electron chi connectivity index (χ4n) is 2.80. The largest absolute Gasteiger partial charge is 0.484 e. The molecular weight excluding hydrogens is 503 g/mol. The zero-order valence-electron chi connectivity index (χ0n) is 19.6. The van der Waals surface area contributed by atoms with Crippen molar-refractivity contribution in [2.24, 2.45) is 10.2 Å². The summed E-state index contributed by atoms with van der Waals surface area (Å²) in [5, 5.41) is 9.10. The Morgan fingerprint density at radius 2 is 1.11 bits per heavy atom. The first-order valence-electron chi connectivity index (χ1n) is 10.8. The van der Waals surface area contributed by atoms with Crippen LogP contribution in [0.4, 0.5) is 0 Å². The van der Waals surface area contributed by atoms with Gasteiger partial charge in [0, 0.05) is 10.0 Å². The Kier molecular flexibility index (Phi) is 9.85. The summed E-state index contributed by atoms with van der Waals surface area (Å²) in [6.07, 6.45) is 3.01. The Labute approximate surface area is 218 Å². The number of aryl methyl sites for hydroxylation is 2. The zero-order valence-corrected chi connectivity index (χ0v) is 21.1. The van der Waals surface area contributed by atoms with E-state index in [0.717, 1.165) is 22.3 Å². The van der Waals surface area contributed by atoms with E-state index in [-0.39, 0.29) is 13.2 Å². The van der Waals surface area contributed by atoms with Gasteiger partial charge >= 0.3 is 0 Å². The van der Waals surface area contributed by atoms with Crippen LogP contribution in [0.3, 0.4) is 0 Å². The van der Waals surface area contributed by atoms with Crippen LogP contribution >= 0.6 is 23.2 Å². The number of ether oxygens (including phenoxy) is 2. The van der Waals surface area contributed by atoms with Gasteiger partial charge in [0.05, 0.1) is 12.4 Å². The molecule has 0 heterocycles. The van der Waals surface area contributed by atoms with Crippen molar-refractivity contribution in [3.8, 4) is 11.5 Å². The molecule has 0 bridgehead atoms. The number of benzene rings is 3. The summed E-state index contributed by atoms with van der Waals surface area (Å²) in [7, 11) is 0. The molecule has 10 heteroatoms. The standard InChI is InChI=1S/C26H24Cl2N4O4/c1-17-11-21(7-9-23(17)27)35-15-25(33)31-29-13-19-3-5-20(6-4-19)14-30-32-26(34)16-36-22-8-10-24(28)18(2)12-22/h3-14H,15-16H2,1-2H3,(H,31,33)(H,32,34)/b29-13+,30-14+. The molecular formula is C26H24Cl2N4O4. The predicted octanol–water partition coefficient (Wildman–Crippen LogP) is 4.67. The van der Waals surface area contributed by atoms with Crippen LogP contribution in [0.15, 0.2) is 70.9 Å². The molecule has 0 radical (unpaired) electrons. The van der Waals surface area contributed by atoms with Gasteiger partial charge in [0.25, 0.3) is 11.8 Å². The summed E-state index contributed by atoms with van der Waals surface area (Å²) in [6.45, 7) is 3.35. The van der Waals surface area contributed by atoms with E-state index in [1.165, 1.54) is 12.4 Å². The molecule has 0 saturated carbocycles. The van der Waals surface area contributed by atoms with Gasteiger partial charge in [0.1, 0.15) is 11.5 Å². The lowest BCUT2D eigenvalue weighted by Crippen LogP contribution is -2.24. The Morgan fingerprint density at radius 1 is 0.722 bits per heavy atom. The Morgan fingerprint density at radius 3 is 1.47 bits per heavy atom. The molecule has 0 fully saturated rings. The number of halogens is 2. The van der Waals surface area contributed by atoms with Crippen molar-refractivity contribution in [1.29, 1.82) is 0 Å². The number of nitrogens with one attached hydrogen (secondary N) is 2. The van der Waals surface area contributed by atoms with Crippen molar-refractivity contribution < 1.29 is 19.1 Å². The van der Waals surface area contributed by atoms with Crippen LogP contribution in [0.25, 0.3) is 0 Å². The topological polar surface area (TPSA) is 101 Å². The molecule has 0 spiro atoms. The van der Waals surface area contributed by atoms with Crippen LogP contribution in [0.2, 0.25) is 10.0 Å². The zero-order chi connectivity index (χ0) is 25.9. The fraction of sp³-hybridized carbons (Fsp3) is 0.154. The summed E-state index contributed by atoms with van der Waals surface area (Å²) < 4.78 is 10.8. The van der Waals surface area contributed by atoms with Crippen LogP contribution < -0.4 is 20.3 Å². The van der Waals surface area contributed by atoms with Gasteiger partial charge in [-0.15, -0.1) is 0 Å². The van der Waals surface area contributed by atoms with Crippen molar-refractivity contribution in [2.75, 3.05) is 13.2 Å². The van der Waals surface area contributed by atoms with E-state index in [9.17, 15) is 9.59 Å². The number of carbonyl (C=O) groups is 2. The van der Waals surface area contributed by atoms with Gasteiger partial charge in [-0.3, -0.25) is 9.59 Å². The first kappa shape index (κ1) is 26.7. The average molecular weight is 527 g/mol. The number of nitrogens with zero attached hydrogens (tertiary/aromatic N) is 2. The number of rotatable bonds is 10. The van der Waals surface area contributed by atoms with Crippen LogP contribution in [-0.2, 0) is 9.59 Å². The highest BCUT2D eigenvalue weighted by Gasteiger charge is 2.04. The van der Waals surface area contributed by atoms with Crippen molar-refractivity contribution in [2.45, 2.75) is 13.8 Å². The van der Waals surface area contributed by atoms with Crippen LogP contribution in [0.1, 0.15) is 22.3 Å². The summed E-state index contributed by atoms with van der Waals surface area (Å²) in [6, 6.07) is 17.5. The van der Waals surface area contributed by atoms with E-state index in [4.69, 9.17) is 32.7 Å². The highest BCUT2D eigenvalue weighted by atomic mass is 35.5. The Balaban J connectivity index is 1.38. The molecule has 36 heavy (non-hydrogen) atoms. The third-order valence-corrected chi connectivity index (χ3v) is 5.59. The molecule has 0 aliphatic heterocycles. The van der Waals surface area contributed by atoms with Crippen molar-refractivity contribution in [1.82, 2.24) is 10.9 Å². The van der Waals surface area contributed by atoms with E-state index in [0.29, 0.717) is 21.5 Å². The van der Waals surface area contributed by atoms with Gasteiger partial charge in [-0.05, 0) is 72.5 Å². The molecule has 0 atom stereocenters. The molecule has 3 aromatic rings. The molecule has 2 amide bonds. The fourth-order valence-corrected chi connectivity index (χ4v) is 3.04. The first-order chi connectivity index (χ1) is 17.3. The number of amides is 2. The molecule has 0 aromatic heterocycles. The quantitative estimate of drug-likeness (QED) is 0.296. The lowest BCUT2D eigenvalue weighted by atomic mass is 10.2. The molecule has 8 nitrogen and oxygen atoms in total. The summed E-state index contributed by atoms with van der Waals surface area (Å²) in [4.78, 5) is 23.8. The summed E-state index contributed by atoms with van der Waals surface area (Å²) >= 11 is 11.9. The minimum atomic E-state index is -0.395. The number of hydrogen-bond donors (Lipinski definition) is 2. The van der Waals surface area contributed by atoms with Gasteiger partial charge in [-0.2, -0.15) is 10.2 Å². The van der Waals surface area contributed by atoms with Gasteiger partial charge in [0.2, 0.25) is 0 Å². The van der Waals surface area contributed by atoms with Gasteiger partial charge in [0.15, 0.2) is 13.2 Å². The lowest BCUT2D eigenvalue weighted by Gasteiger charge is -2.06. The van der Waals surface area contributed by atoms with E-state index in [1.807, 2.05) is 13.8 Å². The predicted molar refractivity (Wildman–Crippen MR) is 141 cm³/mol. The summed E-state index contributed by atoms with van der Waals surface area (Å²) in [5.41, 5.74) is 8.06. The first-order valence-corrected chi connectivity index (χ1v) is 11.6. The minimum absolute atomic E-state index is 0.177. The normalized spacial score (nSPS) is 11.0. The second-order valence-electron chi connectivity index (χ2n) is 7.65. The molecule has 186 valence electrons. The minimum Gasteiger partial charge on any atom is -0.484 e. The number of carbonyl (C=O) groups excluding carboxylic acids is 2. The van der Waals surface area contributed by atoms with E-state index in [2.05, 4.69) is 21.1 Å². The lowest BCUT2D eigenvalue weighted by molar-refractivity contribution is -0.123. The third-order valence-electron chi connectivity index (χ3n) is 4.74. The van der Waals surface area contributed by atoms with Crippen molar-refractivity contribution in [3.63, 3.8) is 0 Å². The molecule has 0 unspecified atom stereocenters. The Bertz CT molecular complexity index is 1180. The van der Waals surface area contributed by atoms with Gasteiger partial charge in [-0.1, -0.05) is 47.5 Å². The maximum Gasteiger partial charge on any atom is 0.277 e. The molecule has 2 N–H and O–H groups in total. The maximum absolute atomic E-state index is 11.9. The molecule has 0 aliphatic carbocycles. The van der Waals surface area contributed by atoms with Crippen LogP contribution in [0.5, 0.6) is 11.5 Å². The second-order valence-corrected chi connectivity index (χ2v) is 8.47. The van der Waals surface area contributed by atoms with Gasteiger partial charge < -0.3 is 9.47 Å². The van der Waals surface area contributed by atoms with Crippen molar-refractivity contribution >= 4 is 47.4 Å². The van der Waals surface area contributed by atoms with Gasteiger partial charge in [-0.25, -0.2) is 10.9 Å². The van der Waals surface area contributed by atoms with E-state index < -0.39 is 11.8 Å². The molecule has 0 saturated heterocycles. The number of hydrazone groups is 2. The molecule has 3 aromatic carbocycles.